The molecule has 0 saturated heterocycles. The summed E-state index contributed by atoms with van der Waals surface area (Å²) < 4.78 is 0. The van der Waals surface area contributed by atoms with Crippen molar-refractivity contribution in [1.82, 2.24) is 5.32 Å². The summed E-state index contributed by atoms with van der Waals surface area (Å²) in [7, 11) is 0. The van der Waals surface area contributed by atoms with Crippen molar-refractivity contribution in [2.45, 2.75) is 38.1 Å². The number of rotatable bonds is 7. The van der Waals surface area contributed by atoms with E-state index in [4.69, 9.17) is 0 Å². The molecule has 1 unspecified atom stereocenters. The van der Waals surface area contributed by atoms with Gasteiger partial charge in [-0.25, -0.2) is 0 Å². The highest BCUT2D eigenvalue weighted by atomic mass is 32.2. The summed E-state index contributed by atoms with van der Waals surface area (Å²) in [6, 6.07) is 14.5. The fourth-order valence-electron chi connectivity index (χ4n) is 2.70. The van der Waals surface area contributed by atoms with E-state index < -0.39 is 6.04 Å². The molecule has 1 atom stereocenters. The number of amides is 2. The Bertz CT molecular complexity index is 774. The molecule has 138 valence electrons. The summed E-state index contributed by atoms with van der Waals surface area (Å²) in [5, 5.41) is 5.82. The van der Waals surface area contributed by atoms with Gasteiger partial charge in [0.05, 0.1) is 0 Å². The predicted octanol–water partition coefficient (Wildman–Crippen LogP) is 4.50. The number of hydrogen-bond acceptors (Lipinski definition) is 3. The van der Waals surface area contributed by atoms with Crippen LogP contribution >= 0.6 is 11.8 Å². The number of aryl methyl sites for hydroxylation is 1. The molecular weight excluding hydrogens is 344 g/mol. The van der Waals surface area contributed by atoms with Gasteiger partial charge in [-0.15, -0.1) is 11.8 Å². The summed E-state index contributed by atoms with van der Waals surface area (Å²) in [5.74, 6) is -0.138. The first-order valence-corrected chi connectivity index (χ1v) is 9.94. The van der Waals surface area contributed by atoms with E-state index in [1.165, 1.54) is 0 Å². The minimum Gasteiger partial charge on any atom is -0.340 e. The molecule has 2 amide bonds. The van der Waals surface area contributed by atoms with E-state index in [0.717, 1.165) is 16.1 Å². The molecule has 0 spiro atoms. The second-order valence-corrected chi connectivity index (χ2v) is 7.57. The van der Waals surface area contributed by atoms with Crippen LogP contribution in [0.15, 0.2) is 53.4 Å². The minimum absolute atomic E-state index is 0.195. The Kier molecular flexibility index (Phi) is 7.27. The fourth-order valence-corrected chi connectivity index (χ4v) is 3.16. The molecule has 2 aromatic rings. The molecule has 0 heterocycles. The van der Waals surface area contributed by atoms with Crippen LogP contribution in [-0.4, -0.2) is 24.1 Å². The third-order valence-corrected chi connectivity index (χ3v) is 4.78. The molecule has 2 N–H and O–H groups in total. The van der Waals surface area contributed by atoms with Gasteiger partial charge in [0.1, 0.15) is 6.04 Å². The molecule has 2 aromatic carbocycles. The molecular formula is C21H26N2O2S. The van der Waals surface area contributed by atoms with E-state index in [0.29, 0.717) is 12.0 Å². The first-order valence-electron chi connectivity index (χ1n) is 8.72. The second kappa shape index (κ2) is 9.43. The smallest absolute Gasteiger partial charge is 0.252 e. The van der Waals surface area contributed by atoms with Crippen molar-refractivity contribution in [1.29, 1.82) is 0 Å². The van der Waals surface area contributed by atoms with E-state index in [9.17, 15) is 9.59 Å². The average Bonchev–Trinajstić information content (AvgIpc) is 2.61. The molecule has 0 aromatic heterocycles. The molecule has 5 heteroatoms. The fraction of sp³-hybridized carbons (Fsp3) is 0.333. The zero-order chi connectivity index (χ0) is 19.1. The molecule has 4 nitrogen and oxygen atoms in total. The zero-order valence-electron chi connectivity index (χ0n) is 15.7. The van der Waals surface area contributed by atoms with Gasteiger partial charge < -0.3 is 10.6 Å². The average molecular weight is 371 g/mol. The zero-order valence-corrected chi connectivity index (χ0v) is 16.5. The Morgan fingerprint density at radius 2 is 1.81 bits per heavy atom. The van der Waals surface area contributed by atoms with Gasteiger partial charge in [0.15, 0.2) is 0 Å². The van der Waals surface area contributed by atoms with E-state index in [1.54, 1.807) is 17.8 Å². The van der Waals surface area contributed by atoms with Crippen molar-refractivity contribution in [3.63, 3.8) is 0 Å². The Balaban J connectivity index is 2.14. The van der Waals surface area contributed by atoms with Crippen molar-refractivity contribution in [2.24, 2.45) is 5.92 Å². The van der Waals surface area contributed by atoms with Crippen LogP contribution in [0.25, 0.3) is 0 Å². The summed E-state index contributed by atoms with van der Waals surface area (Å²) in [6.45, 7) is 5.96. The van der Waals surface area contributed by atoms with Gasteiger partial charge >= 0.3 is 0 Å². The summed E-state index contributed by atoms with van der Waals surface area (Å²) >= 11 is 1.62. The van der Waals surface area contributed by atoms with Crippen LogP contribution in [0.4, 0.5) is 5.69 Å². The third kappa shape index (κ3) is 5.63. The molecule has 0 radical (unpaired) electrons. The number of benzene rings is 2. The van der Waals surface area contributed by atoms with Crippen molar-refractivity contribution in [3.8, 4) is 0 Å². The Labute approximate surface area is 159 Å². The van der Waals surface area contributed by atoms with Crippen LogP contribution in [-0.2, 0) is 4.79 Å². The summed E-state index contributed by atoms with van der Waals surface area (Å²) in [5.41, 5.74) is 2.22. The maximum absolute atomic E-state index is 12.8. The Hall–Kier alpha value is -2.27. The van der Waals surface area contributed by atoms with E-state index in [-0.39, 0.29) is 17.7 Å². The monoisotopic (exact) mass is 370 g/mol. The molecule has 26 heavy (non-hydrogen) atoms. The lowest BCUT2D eigenvalue weighted by Crippen LogP contribution is -2.44. The molecule has 0 aliphatic rings. The van der Waals surface area contributed by atoms with Gasteiger partial charge in [0.2, 0.25) is 5.91 Å². The molecule has 2 rings (SSSR count). The van der Waals surface area contributed by atoms with Crippen LogP contribution in [0.1, 0.15) is 36.2 Å². The lowest BCUT2D eigenvalue weighted by Gasteiger charge is -2.21. The number of anilines is 1. The number of hydrogen-bond donors (Lipinski definition) is 2. The van der Waals surface area contributed by atoms with Crippen LogP contribution in [0.5, 0.6) is 0 Å². The first kappa shape index (κ1) is 20.0. The van der Waals surface area contributed by atoms with Crippen LogP contribution < -0.4 is 10.6 Å². The molecule has 0 aliphatic heterocycles. The van der Waals surface area contributed by atoms with Crippen LogP contribution in [0.2, 0.25) is 0 Å². The number of nitrogens with one attached hydrogen (secondary N) is 2. The van der Waals surface area contributed by atoms with Gasteiger partial charge in [-0.1, -0.05) is 38.1 Å². The highest BCUT2D eigenvalue weighted by Gasteiger charge is 2.23. The topological polar surface area (TPSA) is 58.2 Å². The van der Waals surface area contributed by atoms with Crippen molar-refractivity contribution < 1.29 is 9.59 Å². The van der Waals surface area contributed by atoms with E-state index in [1.807, 2.05) is 69.5 Å². The molecule has 0 saturated carbocycles. The standard InChI is InChI=1S/C21H26N2O2S/c1-14(2)12-19(23-20(24)18-11-6-5-8-15(18)3)21(25)22-16-9-7-10-17(13-16)26-4/h5-11,13-14,19H,12H2,1-4H3,(H,22,25)(H,23,24). The summed E-state index contributed by atoms with van der Waals surface area (Å²) in [6.07, 6.45) is 2.57. The number of carbonyl (C=O) groups excluding carboxylic acids is 2. The number of thioether (sulfide) groups is 1. The molecule has 0 bridgehead atoms. The lowest BCUT2D eigenvalue weighted by atomic mass is 10.0. The molecule has 0 aliphatic carbocycles. The van der Waals surface area contributed by atoms with Gasteiger partial charge in [-0.3, -0.25) is 9.59 Å². The van der Waals surface area contributed by atoms with Crippen molar-refractivity contribution in [2.75, 3.05) is 11.6 Å². The van der Waals surface area contributed by atoms with Gasteiger partial charge in [0, 0.05) is 16.1 Å². The highest BCUT2D eigenvalue weighted by Crippen LogP contribution is 2.19. The van der Waals surface area contributed by atoms with Crippen LogP contribution in [0, 0.1) is 12.8 Å². The SMILES string of the molecule is CSc1cccc(NC(=O)C(CC(C)C)NC(=O)c2ccccc2C)c1. The highest BCUT2D eigenvalue weighted by molar-refractivity contribution is 7.98. The Morgan fingerprint density at radius 3 is 2.46 bits per heavy atom. The van der Waals surface area contributed by atoms with Crippen molar-refractivity contribution in [3.05, 3.63) is 59.7 Å². The normalized spacial score (nSPS) is 11.9. The van der Waals surface area contributed by atoms with E-state index in [2.05, 4.69) is 10.6 Å². The maximum Gasteiger partial charge on any atom is 0.252 e. The van der Waals surface area contributed by atoms with Gasteiger partial charge in [0.25, 0.3) is 5.91 Å². The quantitative estimate of drug-likeness (QED) is 0.706. The maximum atomic E-state index is 12.8. The predicted molar refractivity (Wildman–Crippen MR) is 109 cm³/mol. The Morgan fingerprint density at radius 1 is 1.08 bits per heavy atom. The lowest BCUT2D eigenvalue weighted by molar-refractivity contribution is -0.118. The minimum atomic E-state index is -0.583. The van der Waals surface area contributed by atoms with Crippen molar-refractivity contribution >= 4 is 29.3 Å². The molecule has 0 fully saturated rings. The second-order valence-electron chi connectivity index (χ2n) is 6.69. The van der Waals surface area contributed by atoms with E-state index >= 15 is 0 Å². The summed E-state index contributed by atoms with van der Waals surface area (Å²) in [4.78, 5) is 26.5. The number of carbonyl (C=O) groups is 2. The van der Waals surface area contributed by atoms with Crippen LogP contribution in [0.3, 0.4) is 0 Å². The largest absolute Gasteiger partial charge is 0.340 e. The van der Waals surface area contributed by atoms with Gasteiger partial charge in [-0.2, -0.15) is 0 Å². The first-order chi connectivity index (χ1) is 12.4. The third-order valence-electron chi connectivity index (χ3n) is 4.06. The van der Waals surface area contributed by atoms with Gasteiger partial charge in [-0.05, 0) is 55.3 Å².